The first-order valence-electron chi connectivity index (χ1n) is 5.27. The van der Waals surface area contributed by atoms with Gasteiger partial charge in [0.05, 0.1) is 12.1 Å². The van der Waals surface area contributed by atoms with Crippen LogP contribution in [0.3, 0.4) is 0 Å². The number of hydrogen-bond acceptors (Lipinski definition) is 3. The van der Waals surface area contributed by atoms with E-state index in [2.05, 4.69) is 10.1 Å². The zero-order chi connectivity index (χ0) is 12.8. The molecule has 0 radical (unpaired) electrons. The summed E-state index contributed by atoms with van der Waals surface area (Å²) in [6.07, 6.45) is 0.877. The molecule has 17 heavy (non-hydrogen) atoms. The summed E-state index contributed by atoms with van der Waals surface area (Å²) in [7, 11) is 3.13. The van der Waals surface area contributed by atoms with Gasteiger partial charge < -0.3 is 10.1 Å². The standard InChI is InChI=1S/C12H15ClFNO2/c1-15-11(5-6-12(16)17-2)8-3-4-10(14)9(13)7-8/h3-4,7,11,15H,5-6H2,1-2H3. The Morgan fingerprint density at radius 2 is 2.29 bits per heavy atom. The maximum atomic E-state index is 13.0. The van der Waals surface area contributed by atoms with Crippen molar-refractivity contribution in [2.75, 3.05) is 14.2 Å². The second-order valence-electron chi connectivity index (χ2n) is 3.63. The Kier molecular flexibility index (Phi) is 5.38. The summed E-state index contributed by atoms with van der Waals surface area (Å²) in [4.78, 5) is 11.0. The van der Waals surface area contributed by atoms with E-state index < -0.39 is 5.82 Å². The first kappa shape index (κ1) is 13.9. The largest absolute Gasteiger partial charge is 0.469 e. The molecule has 0 amide bonds. The van der Waals surface area contributed by atoms with E-state index in [9.17, 15) is 9.18 Å². The number of hydrogen-bond donors (Lipinski definition) is 1. The van der Waals surface area contributed by atoms with Gasteiger partial charge in [0.25, 0.3) is 0 Å². The molecule has 1 N–H and O–H groups in total. The summed E-state index contributed by atoms with van der Waals surface area (Å²) in [5.74, 6) is -0.711. The Hall–Kier alpha value is -1.13. The number of ether oxygens (including phenoxy) is 1. The molecule has 0 aliphatic heterocycles. The molecule has 0 aliphatic carbocycles. The Labute approximate surface area is 105 Å². The van der Waals surface area contributed by atoms with E-state index in [1.807, 2.05) is 0 Å². The molecule has 0 heterocycles. The Bertz CT molecular complexity index is 398. The van der Waals surface area contributed by atoms with Crippen LogP contribution < -0.4 is 5.32 Å². The number of halogens is 2. The van der Waals surface area contributed by atoms with E-state index in [0.717, 1.165) is 5.56 Å². The van der Waals surface area contributed by atoms with Crippen molar-refractivity contribution in [2.45, 2.75) is 18.9 Å². The van der Waals surface area contributed by atoms with Gasteiger partial charge in [0.1, 0.15) is 5.82 Å². The lowest BCUT2D eigenvalue weighted by Crippen LogP contribution is -2.18. The van der Waals surface area contributed by atoms with Gasteiger partial charge in [-0.1, -0.05) is 17.7 Å². The molecule has 0 saturated carbocycles. The van der Waals surface area contributed by atoms with Crippen LogP contribution in [-0.2, 0) is 9.53 Å². The van der Waals surface area contributed by atoms with Crippen molar-refractivity contribution in [3.63, 3.8) is 0 Å². The summed E-state index contributed by atoms with van der Waals surface area (Å²) in [5, 5.41) is 3.14. The van der Waals surface area contributed by atoms with Crippen molar-refractivity contribution in [2.24, 2.45) is 0 Å². The minimum atomic E-state index is -0.446. The van der Waals surface area contributed by atoms with Gasteiger partial charge in [0.2, 0.25) is 0 Å². The topological polar surface area (TPSA) is 38.3 Å². The summed E-state index contributed by atoms with van der Waals surface area (Å²) in [6, 6.07) is 4.49. The number of carbonyl (C=O) groups is 1. The lowest BCUT2D eigenvalue weighted by Gasteiger charge is -2.16. The van der Waals surface area contributed by atoms with Gasteiger partial charge in [0.15, 0.2) is 0 Å². The highest BCUT2D eigenvalue weighted by molar-refractivity contribution is 6.30. The summed E-state index contributed by atoms with van der Waals surface area (Å²) < 4.78 is 17.6. The summed E-state index contributed by atoms with van der Waals surface area (Å²) >= 11 is 5.71. The molecule has 3 nitrogen and oxygen atoms in total. The minimum Gasteiger partial charge on any atom is -0.469 e. The molecular weight excluding hydrogens is 245 g/mol. The van der Waals surface area contributed by atoms with Crippen LogP contribution in [0.1, 0.15) is 24.4 Å². The van der Waals surface area contributed by atoms with Gasteiger partial charge in [-0.3, -0.25) is 4.79 Å². The Morgan fingerprint density at radius 3 is 2.82 bits per heavy atom. The highest BCUT2D eigenvalue weighted by Crippen LogP contribution is 2.23. The van der Waals surface area contributed by atoms with Crippen molar-refractivity contribution in [1.82, 2.24) is 5.32 Å². The molecule has 0 spiro atoms. The van der Waals surface area contributed by atoms with E-state index in [1.54, 1.807) is 19.2 Å². The van der Waals surface area contributed by atoms with Gasteiger partial charge in [-0.2, -0.15) is 0 Å². The van der Waals surface area contributed by atoms with E-state index in [0.29, 0.717) is 12.8 Å². The van der Waals surface area contributed by atoms with Crippen molar-refractivity contribution in [3.05, 3.63) is 34.6 Å². The molecule has 0 saturated heterocycles. The molecule has 94 valence electrons. The predicted octanol–water partition coefficient (Wildman–Crippen LogP) is 2.69. The Morgan fingerprint density at radius 1 is 1.59 bits per heavy atom. The van der Waals surface area contributed by atoms with Crippen LogP contribution >= 0.6 is 11.6 Å². The van der Waals surface area contributed by atoms with E-state index >= 15 is 0 Å². The first-order chi connectivity index (χ1) is 8.08. The van der Waals surface area contributed by atoms with Crippen LogP contribution in [0.4, 0.5) is 4.39 Å². The third-order valence-corrected chi connectivity index (χ3v) is 2.85. The number of benzene rings is 1. The number of esters is 1. The third kappa shape index (κ3) is 3.98. The molecule has 1 unspecified atom stereocenters. The van der Waals surface area contributed by atoms with Crippen LogP contribution in [0.15, 0.2) is 18.2 Å². The van der Waals surface area contributed by atoms with Gasteiger partial charge in [-0.25, -0.2) is 4.39 Å². The highest BCUT2D eigenvalue weighted by Gasteiger charge is 2.13. The average molecular weight is 260 g/mol. The van der Waals surface area contributed by atoms with Crippen LogP contribution in [0.25, 0.3) is 0 Å². The molecule has 0 aromatic heterocycles. The molecule has 0 bridgehead atoms. The molecule has 5 heteroatoms. The number of carbonyl (C=O) groups excluding carboxylic acids is 1. The molecule has 0 aliphatic rings. The van der Waals surface area contributed by atoms with Crippen molar-refractivity contribution >= 4 is 17.6 Å². The van der Waals surface area contributed by atoms with E-state index in [1.165, 1.54) is 13.2 Å². The summed E-state index contributed by atoms with van der Waals surface area (Å²) in [5.41, 5.74) is 0.850. The molecule has 1 rings (SSSR count). The predicted molar refractivity (Wildman–Crippen MR) is 64.5 cm³/mol. The molecule has 1 atom stereocenters. The second kappa shape index (κ2) is 6.57. The SMILES string of the molecule is CNC(CCC(=O)OC)c1ccc(F)c(Cl)c1. The zero-order valence-electron chi connectivity index (χ0n) is 9.80. The maximum absolute atomic E-state index is 13.0. The molecule has 0 fully saturated rings. The smallest absolute Gasteiger partial charge is 0.305 e. The highest BCUT2D eigenvalue weighted by atomic mass is 35.5. The van der Waals surface area contributed by atoms with E-state index in [4.69, 9.17) is 11.6 Å². The van der Waals surface area contributed by atoms with Crippen molar-refractivity contribution in [3.8, 4) is 0 Å². The molecule has 1 aromatic carbocycles. The normalized spacial score (nSPS) is 12.2. The fraction of sp³-hybridized carbons (Fsp3) is 0.417. The maximum Gasteiger partial charge on any atom is 0.305 e. The monoisotopic (exact) mass is 259 g/mol. The first-order valence-corrected chi connectivity index (χ1v) is 5.65. The van der Waals surface area contributed by atoms with E-state index in [-0.39, 0.29) is 17.0 Å². The quantitative estimate of drug-likeness (QED) is 0.827. The third-order valence-electron chi connectivity index (χ3n) is 2.56. The van der Waals surface area contributed by atoms with Crippen LogP contribution in [0, 0.1) is 5.82 Å². The molecule has 1 aromatic rings. The zero-order valence-corrected chi connectivity index (χ0v) is 10.6. The fourth-order valence-corrected chi connectivity index (χ4v) is 1.76. The van der Waals surface area contributed by atoms with Gasteiger partial charge in [-0.05, 0) is 31.2 Å². The van der Waals surface area contributed by atoms with Crippen LogP contribution in [-0.4, -0.2) is 20.1 Å². The minimum absolute atomic E-state index is 0.0489. The lowest BCUT2D eigenvalue weighted by molar-refractivity contribution is -0.140. The van der Waals surface area contributed by atoms with Gasteiger partial charge in [-0.15, -0.1) is 0 Å². The average Bonchev–Trinajstić information content (AvgIpc) is 2.33. The number of nitrogens with one attached hydrogen (secondary N) is 1. The van der Waals surface area contributed by atoms with Gasteiger partial charge >= 0.3 is 5.97 Å². The van der Waals surface area contributed by atoms with Crippen LogP contribution in [0.5, 0.6) is 0 Å². The fourth-order valence-electron chi connectivity index (χ4n) is 1.57. The van der Waals surface area contributed by atoms with Crippen molar-refractivity contribution < 1.29 is 13.9 Å². The number of methoxy groups -OCH3 is 1. The van der Waals surface area contributed by atoms with Crippen molar-refractivity contribution in [1.29, 1.82) is 0 Å². The Balaban J connectivity index is 2.72. The second-order valence-corrected chi connectivity index (χ2v) is 4.04. The van der Waals surface area contributed by atoms with Crippen LogP contribution in [0.2, 0.25) is 5.02 Å². The molecular formula is C12H15ClFNO2. The summed E-state index contributed by atoms with van der Waals surface area (Å²) in [6.45, 7) is 0. The number of rotatable bonds is 5. The lowest BCUT2D eigenvalue weighted by atomic mass is 10.0. The van der Waals surface area contributed by atoms with Gasteiger partial charge in [0, 0.05) is 12.5 Å².